The van der Waals surface area contributed by atoms with Crippen molar-refractivity contribution in [2.45, 2.75) is 18.9 Å². The number of para-hydroxylation sites is 1. The van der Waals surface area contributed by atoms with E-state index in [-0.39, 0.29) is 30.1 Å². The lowest BCUT2D eigenvalue weighted by Gasteiger charge is -2.28. The smallest absolute Gasteiger partial charge is 0.534 e. The third-order valence-electron chi connectivity index (χ3n) is 3.90. The van der Waals surface area contributed by atoms with E-state index in [1.807, 2.05) is 0 Å². The van der Waals surface area contributed by atoms with Gasteiger partial charge in [-0.2, -0.15) is 4.80 Å². The summed E-state index contributed by atoms with van der Waals surface area (Å²) in [5, 5.41) is 40.8. The van der Waals surface area contributed by atoms with Gasteiger partial charge in [0.25, 0.3) is 5.91 Å². The number of hydrogen-bond acceptors (Lipinski definition) is 9. The minimum absolute atomic E-state index is 0.0597. The molecule has 0 unspecified atom stereocenters. The van der Waals surface area contributed by atoms with Gasteiger partial charge in [0, 0.05) is 6.54 Å². The second-order valence-electron chi connectivity index (χ2n) is 5.76. The summed E-state index contributed by atoms with van der Waals surface area (Å²) >= 11 is 0. The Morgan fingerprint density at radius 2 is 2.26 bits per heavy atom. The standard InChI is InChI=1S/C14H16BN7O5/c16-4-5-22-20-12(19-21-22)10(17)13(23)18-9-6-7-2-1-3-8(14(24)25)11(7)27-15(9)26/h1-3,9,17,26H,4-6,16H2,(H,18,23)(H,24,25)/t9-/m0/s1. The maximum absolute atomic E-state index is 12.3. The molecule has 0 fully saturated rings. The van der Waals surface area contributed by atoms with Gasteiger partial charge in [-0.1, -0.05) is 12.1 Å². The molecule has 0 saturated carbocycles. The first-order chi connectivity index (χ1) is 12.9. The minimum atomic E-state index is -1.48. The van der Waals surface area contributed by atoms with Crippen molar-refractivity contribution in [2.24, 2.45) is 5.73 Å². The Morgan fingerprint density at radius 3 is 2.96 bits per heavy atom. The predicted octanol–water partition coefficient (Wildman–Crippen LogP) is -2.16. The number of nitrogens with zero attached hydrogens (tertiary/aromatic N) is 4. The van der Waals surface area contributed by atoms with Crippen LogP contribution in [-0.4, -0.2) is 67.5 Å². The third kappa shape index (κ3) is 3.78. The van der Waals surface area contributed by atoms with Gasteiger partial charge >= 0.3 is 13.1 Å². The number of carboxylic acids is 1. The normalized spacial score (nSPS) is 15.6. The van der Waals surface area contributed by atoms with Crippen molar-refractivity contribution in [1.29, 1.82) is 5.41 Å². The molecule has 13 heteroatoms. The molecule has 6 N–H and O–H groups in total. The fraction of sp³-hybridized carbons (Fsp3) is 0.286. The summed E-state index contributed by atoms with van der Waals surface area (Å²) in [7, 11) is -1.48. The molecule has 1 aromatic carbocycles. The van der Waals surface area contributed by atoms with Crippen LogP contribution >= 0.6 is 0 Å². The summed E-state index contributed by atoms with van der Waals surface area (Å²) in [5.41, 5.74) is 5.28. The van der Waals surface area contributed by atoms with Gasteiger partial charge in [-0.15, -0.1) is 10.2 Å². The van der Waals surface area contributed by atoms with Crippen LogP contribution in [0.5, 0.6) is 5.75 Å². The summed E-state index contributed by atoms with van der Waals surface area (Å²) in [6.07, 6.45) is 0.129. The first-order valence-electron chi connectivity index (χ1n) is 7.98. The van der Waals surface area contributed by atoms with Crippen molar-refractivity contribution >= 4 is 24.7 Å². The highest BCUT2D eigenvalue weighted by Crippen LogP contribution is 2.30. The molecule has 140 valence electrons. The number of tetrazole rings is 1. The Kier molecular flexibility index (Phi) is 5.14. The van der Waals surface area contributed by atoms with Crippen LogP contribution in [0.1, 0.15) is 21.7 Å². The van der Waals surface area contributed by atoms with E-state index in [2.05, 4.69) is 20.7 Å². The Bertz CT molecular complexity index is 902. The van der Waals surface area contributed by atoms with Crippen molar-refractivity contribution in [3.63, 3.8) is 0 Å². The Morgan fingerprint density at radius 1 is 1.48 bits per heavy atom. The molecule has 0 aliphatic carbocycles. The number of carbonyl (C=O) groups excluding carboxylic acids is 1. The molecule has 27 heavy (non-hydrogen) atoms. The molecule has 1 aliphatic rings. The zero-order chi connectivity index (χ0) is 19.6. The molecule has 12 nitrogen and oxygen atoms in total. The summed E-state index contributed by atoms with van der Waals surface area (Å²) in [6.45, 7) is 0.568. The van der Waals surface area contributed by atoms with E-state index in [9.17, 15) is 19.7 Å². The molecule has 1 aliphatic heterocycles. The largest absolute Gasteiger partial charge is 0.547 e. The number of nitrogens with one attached hydrogen (secondary N) is 2. The molecular weight excluding hydrogens is 357 g/mol. The molecule has 0 spiro atoms. The SMILES string of the molecule is N=C(C(=O)N[C@H]1Cc2cccc(C(=O)O)c2OB1O)c1nnn(CCN)n1. The van der Waals surface area contributed by atoms with E-state index in [1.54, 1.807) is 12.1 Å². The van der Waals surface area contributed by atoms with Crippen LogP contribution in [0.25, 0.3) is 0 Å². The van der Waals surface area contributed by atoms with Crippen LogP contribution in [0, 0.1) is 5.41 Å². The highest BCUT2D eigenvalue weighted by Gasteiger charge is 2.38. The predicted molar refractivity (Wildman–Crippen MR) is 91.3 cm³/mol. The van der Waals surface area contributed by atoms with Crippen molar-refractivity contribution < 1.29 is 24.4 Å². The van der Waals surface area contributed by atoms with E-state index < -0.39 is 30.6 Å². The lowest BCUT2D eigenvalue weighted by molar-refractivity contribution is -0.115. The van der Waals surface area contributed by atoms with E-state index in [0.29, 0.717) is 12.1 Å². The summed E-state index contributed by atoms with van der Waals surface area (Å²) in [6, 6.07) is 4.54. The average molecular weight is 373 g/mol. The number of carbonyl (C=O) groups is 2. The van der Waals surface area contributed by atoms with E-state index in [0.717, 1.165) is 0 Å². The van der Waals surface area contributed by atoms with Crippen molar-refractivity contribution in [3.8, 4) is 5.75 Å². The maximum atomic E-state index is 12.3. The van der Waals surface area contributed by atoms with Gasteiger partial charge in [-0.25, -0.2) is 4.79 Å². The van der Waals surface area contributed by atoms with Crippen LogP contribution in [-0.2, 0) is 17.8 Å². The molecular formula is C14H16BN7O5. The molecule has 1 aromatic heterocycles. The van der Waals surface area contributed by atoms with Crippen molar-refractivity contribution in [3.05, 3.63) is 35.2 Å². The van der Waals surface area contributed by atoms with E-state index >= 15 is 0 Å². The van der Waals surface area contributed by atoms with Gasteiger partial charge in [0.05, 0.1) is 18.0 Å². The third-order valence-corrected chi connectivity index (χ3v) is 3.90. The van der Waals surface area contributed by atoms with Gasteiger partial charge in [0.1, 0.15) is 5.75 Å². The fourth-order valence-corrected chi connectivity index (χ4v) is 2.61. The number of carboxylic acid groups (broad SMARTS) is 1. The van der Waals surface area contributed by atoms with Gasteiger partial charge in [-0.05, 0) is 23.3 Å². The Balaban J connectivity index is 1.72. The van der Waals surface area contributed by atoms with E-state index in [1.165, 1.54) is 10.9 Å². The van der Waals surface area contributed by atoms with Gasteiger partial charge in [0.2, 0.25) is 5.82 Å². The fourth-order valence-electron chi connectivity index (χ4n) is 2.61. The second-order valence-corrected chi connectivity index (χ2v) is 5.76. The van der Waals surface area contributed by atoms with Gasteiger partial charge in [-0.3, -0.25) is 10.2 Å². The molecule has 0 bridgehead atoms. The topological polar surface area (TPSA) is 189 Å². The van der Waals surface area contributed by atoms with Crippen LogP contribution < -0.4 is 15.7 Å². The number of nitrogens with two attached hydrogens (primary N) is 1. The van der Waals surface area contributed by atoms with Crippen LogP contribution in [0.3, 0.4) is 0 Å². The Labute approximate surface area is 153 Å². The number of hydrogen-bond donors (Lipinski definition) is 5. The lowest BCUT2D eigenvalue weighted by Crippen LogP contribution is -2.54. The number of amides is 1. The minimum Gasteiger partial charge on any atom is -0.534 e. The van der Waals surface area contributed by atoms with Gasteiger partial charge < -0.3 is 25.8 Å². The highest BCUT2D eigenvalue weighted by atomic mass is 16.5. The average Bonchev–Trinajstić information content (AvgIpc) is 3.10. The molecule has 1 atom stereocenters. The van der Waals surface area contributed by atoms with Crippen LogP contribution in [0.2, 0.25) is 0 Å². The maximum Gasteiger partial charge on any atom is 0.547 e. The number of benzene rings is 1. The molecule has 2 aromatic rings. The molecule has 3 rings (SSSR count). The van der Waals surface area contributed by atoms with E-state index in [4.69, 9.17) is 15.8 Å². The van der Waals surface area contributed by atoms with Crippen LogP contribution in [0.15, 0.2) is 18.2 Å². The molecule has 0 saturated heterocycles. The molecule has 0 radical (unpaired) electrons. The zero-order valence-corrected chi connectivity index (χ0v) is 14.0. The van der Waals surface area contributed by atoms with Gasteiger partial charge in [0.15, 0.2) is 5.71 Å². The number of aromatic carboxylic acids is 1. The molecule has 2 heterocycles. The zero-order valence-electron chi connectivity index (χ0n) is 14.0. The quantitative estimate of drug-likeness (QED) is 0.277. The lowest BCUT2D eigenvalue weighted by atomic mass is 9.72. The monoisotopic (exact) mass is 373 g/mol. The highest BCUT2D eigenvalue weighted by molar-refractivity contribution is 6.49. The summed E-state index contributed by atoms with van der Waals surface area (Å²) < 4.78 is 5.29. The first-order valence-corrected chi connectivity index (χ1v) is 7.98. The summed E-state index contributed by atoms with van der Waals surface area (Å²) in [5.74, 6) is -3.01. The number of aromatic nitrogens is 4. The first kappa shape index (κ1) is 18.5. The van der Waals surface area contributed by atoms with Crippen molar-refractivity contribution in [1.82, 2.24) is 25.5 Å². The Hall–Kier alpha value is -3.32. The van der Waals surface area contributed by atoms with Crippen LogP contribution in [0.4, 0.5) is 0 Å². The number of rotatable bonds is 6. The summed E-state index contributed by atoms with van der Waals surface area (Å²) in [4.78, 5) is 24.7. The second kappa shape index (κ2) is 7.51. The van der Waals surface area contributed by atoms with Crippen molar-refractivity contribution in [2.75, 3.05) is 6.54 Å². The molecule has 1 amide bonds. The number of fused-ring (bicyclic) bond motifs is 1.